The number of benzene rings is 1. The van der Waals surface area contributed by atoms with Gasteiger partial charge in [0.25, 0.3) is 8.18 Å². The van der Waals surface area contributed by atoms with Crippen LogP contribution in [-0.2, 0) is 9.36 Å². The molecule has 0 saturated heterocycles. The zero-order valence-electron chi connectivity index (χ0n) is 10.4. The van der Waals surface area contributed by atoms with Gasteiger partial charge in [0.1, 0.15) is 5.82 Å². The summed E-state index contributed by atoms with van der Waals surface area (Å²) in [5, 5.41) is 9.40. The standard InChI is InChI=1S/C13H13N2O4P/c16-13(17)12(10-6-2-1-3-7-10)15(20(18)19)11-8-4-5-9-14-11/h1-9,12,20H,(H,16,17)(H,18,19). The first kappa shape index (κ1) is 14.2. The average Bonchev–Trinajstić information content (AvgIpc) is 2.45. The van der Waals surface area contributed by atoms with Crippen LogP contribution >= 0.6 is 8.18 Å². The molecule has 0 amide bonds. The number of rotatable bonds is 5. The first-order valence-corrected chi connectivity index (χ1v) is 7.12. The van der Waals surface area contributed by atoms with Crippen LogP contribution < -0.4 is 4.67 Å². The first-order valence-electron chi connectivity index (χ1n) is 5.82. The fourth-order valence-electron chi connectivity index (χ4n) is 1.87. The van der Waals surface area contributed by atoms with Gasteiger partial charge in [0.15, 0.2) is 6.04 Å². The summed E-state index contributed by atoms with van der Waals surface area (Å²) in [5.74, 6) is -1.07. The van der Waals surface area contributed by atoms with E-state index in [1.54, 1.807) is 42.5 Å². The fourth-order valence-corrected chi connectivity index (χ4v) is 2.68. The SMILES string of the molecule is O=C(O)C(c1ccccc1)N(c1ccccn1)[PH](=O)O. The molecule has 104 valence electrons. The van der Waals surface area contributed by atoms with Crippen molar-refractivity contribution in [2.24, 2.45) is 0 Å². The maximum atomic E-state index is 11.6. The number of carboxylic acids is 1. The maximum absolute atomic E-state index is 11.6. The van der Waals surface area contributed by atoms with E-state index in [9.17, 15) is 19.4 Å². The summed E-state index contributed by atoms with van der Waals surface area (Å²) in [7, 11) is -3.28. The number of carbonyl (C=O) groups is 1. The second-order valence-electron chi connectivity index (χ2n) is 3.99. The lowest BCUT2D eigenvalue weighted by Crippen LogP contribution is -2.29. The number of hydrogen-bond donors (Lipinski definition) is 2. The minimum absolute atomic E-state index is 0.148. The van der Waals surface area contributed by atoms with Crippen molar-refractivity contribution in [2.75, 3.05) is 4.67 Å². The molecule has 0 bridgehead atoms. The van der Waals surface area contributed by atoms with Gasteiger partial charge >= 0.3 is 5.97 Å². The Morgan fingerprint density at radius 2 is 1.80 bits per heavy atom. The van der Waals surface area contributed by atoms with Gasteiger partial charge in [-0.15, -0.1) is 0 Å². The van der Waals surface area contributed by atoms with E-state index in [1.165, 1.54) is 12.3 Å². The Labute approximate surface area is 116 Å². The van der Waals surface area contributed by atoms with E-state index in [4.69, 9.17) is 0 Å². The fraction of sp³-hybridized carbons (Fsp3) is 0.0769. The number of nitrogens with zero attached hydrogens (tertiary/aromatic N) is 2. The van der Waals surface area contributed by atoms with Crippen molar-refractivity contribution in [1.29, 1.82) is 0 Å². The Morgan fingerprint density at radius 3 is 2.30 bits per heavy atom. The quantitative estimate of drug-likeness (QED) is 0.820. The zero-order chi connectivity index (χ0) is 14.5. The molecule has 0 radical (unpaired) electrons. The van der Waals surface area contributed by atoms with Gasteiger partial charge in [0.05, 0.1) is 0 Å². The molecule has 0 spiro atoms. The minimum Gasteiger partial charge on any atom is -0.479 e. The predicted molar refractivity (Wildman–Crippen MR) is 74.8 cm³/mol. The summed E-state index contributed by atoms with van der Waals surface area (Å²) >= 11 is 0. The van der Waals surface area contributed by atoms with Gasteiger partial charge in [0, 0.05) is 6.20 Å². The van der Waals surface area contributed by atoms with Crippen molar-refractivity contribution < 1.29 is 19.4 Å². The highest BCUT2D eigenvalue weighted by Gasteiger charge is 2.31. The van der Waals surface area contributed by atoms with Crippen LogP contribution in [0.3, 0.4) is 0 Å². The molecule has 2 N–H and O–H groups in total. The molecule has 2 rings (SSSR count). The van der Waals surface area contributed by atoms with E-state index in [0.717, 1.165) is 4.67 Å². The van der Waals surface area contributed by atoms with Gasteiger partial charge in [-0.3, -0.25) is 9.24 Å². The Balaban J connectivity index is 2.50. The van der Waals surface area contributed by atoms with Crippen LogP contribution in [0.2, 0.25) is 0 Å². The molecule has 1 aromatic carbocycles. The molecular formula is C13H13N2O4P. The Hall–Kier alpha value is -2.17. The second kappa shape index (κ2) is 6.32. The highest BCUT2D eigenvalue weighted by molar-refractivity contribution is 7.40. The molecule has 20 heavy (non-hydrogen) atoms. The Morgan fingerprint density at radius 1 is 1.15 bits per heavy atom. The van der Waals surface area contributed by atoms with Crippen LogP contribution in [0, 0.1) is 0 Å². The zero-order valence-corrected chi connectivity index (χ0v) is 11.4. The van der Waals surface area contributed by atoms with E-state index < -0.39 is 20.2 Å². The van der Waals surface area contributed by atoms with Crippen molar-refractivity contribution in [3.05, 3.63) is 60.3 Å². The third kappa shape index (κ3) is 3.04. The Bertz CT molecular complexity index is 551. The lowest BCUT2D eigenvalue weighted by Gasteiger charge is -2.27. The lowest BCUT2D eigenvalue weighted by molar-refractivity contribution is -0.138. The number of hydrogen-bond acceptors (Lipinski definition) is 3. The number of anilines is 1. The summed E-state index contributed by atoms with van der Waals surface area (Å²) in [6.07, 6.45) is 1.44. The number of aliphatic carboxylic acids is 1. The van der Waals surface area contributed by atoms with Crippen LogP contribution in [0.25, 0.3) is 0 Å². The number of carboxylic acid groups (broad SMARTS) is 1. The van der Waals surface area contributed by atoms with E-state index in [-0.39, 0.29) is 5.82 Å². The molecule has 0 aliphatic heterocycles. The van der Waals surface area contributed by atoms with Gasteiger partial charge in [-0.1, -0.05) is 36.4 Å². The van der Waals surface area contributed by atoms with Gasteiger partial charge in [-0.2, -0.15) is 0 Å². The van der Waals surface area contributed by atoms with Crippen molar-refractivity contribution >= 4 is 20.0 Å². The summed E-state index contributed by atoms with van der Waals surface area (Å²) in [6.45, 7) is 0. The molecule has 0 aliphatic carbocycles. The molecule has 1 heterocycles. The van der Waals surface area contributed by atoms with Gasteiger partial charge in [-0.05, 0) is 17.7 Å². The van der Waals surface area contributed by atoms with Crippen molar-refractivity contribution in [3.8, 4) is 0 Å². The maximum Gasteiger partial charge on any atom is 0.331 e. The normalized spacial score (nSPS) is 13.4. The molecule has 0 aliphatic rings. The third-order valence-electron chi connectivity index (χ3n) is 2.71. The molecule has 2 atom stereocenters. The van der Waals surface area contributed by atoms with Gasteiger partial charge in [-0.25, -0.2) is 9.78 Å². The molecule has 1 aromatic heterocycles. The lowest BCUT2D eigenvalue weighted by atomic mass is 10.1. The monoisotopic (exact) mass is 292 g/mol. The number of pyridine rings is 1. The highest BCUT2D eigenvalue weighted by atomic mass is 31.1. The third-order valence-corrected chi connectivity index (χ3v) is 3.61. The van der Waals surface area contributed by atoms with Crippen molar-refractivity contribution in [2.45, 2.75) is 6.04 Å². The average molecular weight is 292 g/mol. The summed E-state index contributed by atoms with van der Waals surface area (Å²) in [4.78, 5) is 25.0. The molecule has 0 saturated carbocycles. The van der Waals surface area contributed by atoms with Crippen LogP contribution in [0.15, 0.2) is 54.7 Å². The summed E-state index contributed by atoms with van der Waals surface area (Å²) < 4.78 is 12.5. The van der Waals surface area contributed by atoms with Gasteiger partial charge in [0.2, 0.25) is 0 Å². The van der Waals surface area contributed by atoms with Gasteiger partial charge < -0.3 is 10.00 Å². The summed E-state index contributed by atoms with van der Waals surface area (Å²) in [5.41, 5.74) is 0.415. The molecule has 6 nitrogen and oxygen atoms in total. The van der Waals surface area contributed by atoms with Crippen LogP contribution in [0.1, 0.15) is 11.6 Å². The molecule has 2 unspecified atom stereocenters. The van der Waals surface area contributed by atoms with E-state index in [1.807, 2.05) is 0 Å². The minimum atomic E-state index is -3.28. The first-order chi connectivity index (χ1) is 9.61. The summed E-state index contributed by atoms with van der Waals surface area (Å²) in [6, 6.07) is 11.8. The highest BCUT2D eigenvalue weighted by Crippen LogP contribution is 2.37. The van der Waals surface area contributed by atoms with Crippen LogP contribution in [-0.4, -0.2) is 21.0 Å². The molecule has 7 heteroatoms. The van der Waals surface area contributed by atoms with Crippen molar-refractivity contribution in [1.82, 2.24) is 4.98 Å². The topological polar surface area (TPSA) is 90.7 Å². The molecule has 2 aromatic rings. The van der Waals surface area contributed by atoms with Crippen LogP contribution in [0.5, 0.6) is 0 Å². The molecule has 0 fully saturated rings. The van der Waals surface area contributed by atoms with E-state index in [0.29, 0.717) is 5.56 Å². The van der Waals surface area contributed by atoms with E-state index >= 15 is 0 Å². The number of aromatic nitrogens is 1. The largest absolute Gasteiger partial charge is 0.479 e. The smallest absolute Gasteiger partial charge is 0.331 e. The Kier molecular flexibility index (Phi) is 4.50. The second-order valence-corrected chi connectivity index (χ2v) is 5.04. The molecular weight excluding hydrogens is 279 g/mol. The van der Waals surface area contributed by atoms with Crippen molar-refractivity contribution in [3.63, 3.8) is 0 Å². The van der Waals surface area contributed by atoms with E-state index in [2.05, 4.69) is 4.98 Å². The van der Waals surface area contributed by atoms with Crippen LogP contribution in [0.4, 0.5) is 5.82 Å². The predicted octanol–water partition coefficient (Wildman–Crippen LogP) is 2.10.